The van der Waals surface area contributed by atoms with E-state index in [4.69, 9.17) is 16.4 Å². The van der Waals surface area contributed by atoms with Crippen molar-refractivity contribution >= 4 is 33.2 Å². The molecule has 1 amide bonds. The van der Waals surface area contributed by atoms with Crippen LogP contribution in [0.4, 0.5) is 18.9 Å². The predicted molar refractivity (Wildman–Crippen MR) is 95.3 cm³/mol. The number of halogens is 4. The lowest BCUT2D eigenvalue weighted by Gasteiger charge is -2.17. The summed E-state index contributed by atoms with van der Waals surface area (Å²) in [4.78, 5) is 20.4. The Morgan fingerprint density at radius 1 is 1.29 bits per heavy atom. The van der Waals surface area contributed by atoms with Crippen molar-refractivity contribution in [3.63, 3.8) is 0 Å². The van der Waals surface area contributed by atoms with Crippen LogP contribution >= 0.6 is 11.6 Å². The van der Waals surface area contributed by atoms with Gasteiger partial charge in [0.25, 0.3) is 15.9 Å². The monoisotopic (exact) mass is 437 g/mol. The molecule has 0 bridgehead atoms. The number of aromatic nitrogens is 1. The summed E-state index contributed by atoms with van der Waals surface area (Å²) in [5, 5.41) is 0.213. The van der Waals surface area contributed by atoms with Crippen LogP contribution < -0.4 is 4.72 Å². The minimum Gasteiger partial charge on any atom is -0.277 e. The van der Waals surface area contributed by atoms with E-state index >= 15 is 0 Å². The number of hydrogen-bond acceptors (Lipinski definition) is 5. The summed E-state index contributed by atoms with van der Waals surface area (Å²) < 4.78 is 65.7. The third-order valence-corrected chi connectivity index (χ3v) is 5.43. The van der Waals surface area contributed by atoms with E-state index in [-0.39, 0.29) is 11.4 Å². The number of hydrogen-bond donors (Lipinski definition) is 1. The molecular weight excluding hydrogens is 423 g/mol. The zero-order valence-electron chi connectivity index (χ0n) is 14.8. The van der Waals surface area contributed by atoms with Crippen LogP contribution in [0.15, 0.2) is 35.4 Å². The first-order valence-corrected chi connectivity index (χ1v) is 9.41. The van der Waals surface area contributed by atoms with Crippen LogP contribution in [0.1, 0.15) is 21.6 Å². The molecule has 0 saturated carbocycles. The summed E-state index contributed by atoms with van der Waals surface area (Å²) in [6.07, 6.45) is -3.33. The van der Waals surface area contributed by atoms with E-state index in [0.717, 1.165) is 11.1 Å². The topological polar surface area (TPSA) is 88.6 Å². The Hall–Kier alpha value is -2.37. The summed E-state index contributed by atoms with van der Waals surface area (Å²) in [6.45, 7) is 1.62. The normalized spacial score (nSPS) is 12.0. The van der Waals surface area contributed by atoms with Crippen LogP contribution in [-0.4, -0.2) is 38.5 Å². The SMILES string of the molecule is CON(C)C(=O)c1ncc(C)cc1NS(=O)(=O)c1ccc(C(F)(F)F)cc1Cl. The number of aryl methyl sites for hydroxylation is 1. The molecule has 7 nitrogen and oxygen atoms in total. The van der Waals surface area contributed by atoms with Gasteiger partial charge in [-0.25, -0.2) is 18.5 Å². The van der Waals surface area contributed by atoms with Crippen molar-refractivity contribution in [1.82, 2.24) is 10.0 Å². The molecule has 0 fully saturated rings. The van der Waals surface area contributed by atoms with E-state index < -0.39 is 37.6 Å². The number of carbonyl (C=O) groups is 1. The molecule has 1 aromatic heterocycles. The predicted octanol–water partition coefficient (Wildman–Crippen LogP) is 3.50. The van der Waals surface area contributed by atoms with Gasteiger partial charge in [0.2, 0.25) is 0 Å². The first-order valence-electron chi connectivity index (χ1n) is 7.55. The van der Waals surface area contributed by atoms with E-state index in [1.165, 1.54) is 26.4 Å². The van der Waals surface area contributed by atoms with Gasteiger partial charge in [0.05, 0.1) is 23.4 Å². The molecule has 0 atom stereocenters. The molecule has 1 aromatic carbocycles. The number of hydroxylamine groups is 2. The van der Waals surface area contributed by atoms with Crippen LogP contribution in [0.25, 0.3) is 0 Å². The van der Waals surface area contributed by atoms with Gasteiger partial charge in [0.1, 0.15) is 4.90 Å². The summed E-state index contributed by atoms with van der Waals surface area (Å²) in [7, 11) is -1.88. The Morgan fingerprint density at radius 3 is 2.46 bits per heavy atom. The number of nitrogens with zero attached hydrogens (tertiary/aromatic N) is 2. The molecule has 2 aromatic rings. The highest BCUT2D eigenvalue weighted by Gasteiger charge is 2.32. The molecule has 12 heteroatoms. The van der Waals surface area contributed by atoms with Gasteiger partial charge < -0.3 is 0 Å². The summed E-state index contributed by atoms with van der Waals surface area (Å²) in [5.41, 5.74) is -0.995. The summed E-state index contributed by atoms with van der Waals surface area (Å²) in [5.74, 6) is -0.737. The first-order chi connectivity index (χ1) is 12.9. The number of benzene rings is 1. The summed E-state index contributed by atoms with van der Waals surface area (Å²) in [6, 6.07) is 3.19. The number of sulfonamides is 1. The van der Waals surface area contributed by atoms with Gasteiger partial charge in [0, 0.05) is 13.2 Å². The quantitative estimate of drug-likeness (QED) is 0.723. The van der Waals surface area contributed by atoms with E-state index in [9.17, 15) is 26.4 Å². The lowest BCUT2D eigenvalue weighted by Crippen LogP contribution is -2.28. The second-order valence-corrected chi connectivity index (χ2v) is 7.70. The Kier molecular flexibility index (Phi) is 6.21. The number of alkyl halides is 3. The van der Waals surface area contributed by atoms with E-state index in [1.807, 2.05) is 0 Å². The number of anilines is 1. The van der Waals surface area contributed by atoms with Gasteiger partial charge >= 0.3 is 6.18 Å². The van der Waals surface area contributed by atoms with Crippen molar-refractivity contribution in [2.45, 2.75) is 18.0 Å². The van der Waals surface area contributed by atoms with Gasteiger partial charge in [0.15, 0.2) is 5.69 Å². The highest BCUT2D eigenvalue weighted by Crippen LogP contribution is 2.34. The number of amides is 1. The van der Waals surface area contributed by atoms with Gasteiger partial charge in [-0.15, -0.1) is 0 Å². The maximum Gasteiger partial charge on any atom is 0.416 e. The lowest BCUT2D eigenvalue weighted by molar-refractivity contribution is -0.137. The first kappa shape index (κ1) is 21.9. The molecule has 152 valence electrons. The van der Waals surface area contributed by atoms with Gasteiger partial charge in [-0.2, -0.15) is 13.2 Å². The average Bonchev–Trinajstić information content (AvgIpc) is 2.59. The van der Waals surface area contributed by atoms with Crippen molar-refractivity contribution in [3.8, 4) is 0 Å². The molecule has 0 aliphatic heterocycles. The van der Waals surface area contributed by atoms with E-state index in [0.29, 0.717) is 17.7 Å². The molecule has 0 aliphatic carbocycles. The van der Waals surface area contributed by atoms with Gasteiger partial charge in [-0.1, -0.05) is 11.6 Å². The van der Waals surface area contributed by atoms with Crippen molar-refractivity contribution in [2.24, 2.45) is 0 Å². The minimum absolute atomic E-state index is 0.176. The zero-order chi connectivity index (χ0) is 21.3. The number of carbonyl (C=O) groups excluding carboxylic acids is 1. The third-order valence-electron chi connectivity index (χ3n) is 3.58. The van der Waals surface area contributed by atoms with Crippen LogP contribution in [0, 0.1) is 6.92 Å². The highest BCUT2D eigenvalue weighted by molar-refractivity contribution is 7.92. The van der Waals surface area contributed by atoms with Crippen LogP contribution in [0.2, 0.25) is 5.02 Å². The molecule has 0 unspecified atom stereocenters. The molecule has 1 heterocycles. The molecule has 0 aliphatic rings. The van der Waals surface area contributed by atoms with E-state index in [2.05, 4.69) is 9.71 Å². The second kappa shape index (κ2) is 7.94. The number of rotatable bonds is 5. The fourth-order valence-electron chi connectivity index (χ4n) is 2.14. The smallest absolute Gasteiger partial charge is 0.277 e. The number of nitrogens with one attached hydrogen (secondary N) is 1. The Morgan fingerprint density at radius 2 is 1.93 bits per heavy atom. The maximum atomic E-state index is 12.8. The fourth-order valence-corrected chi connectivity index (χ4v) is 3.75. The van der Waals surface area contributed by atoms with Crippen molar-refractivity contribution in [3.05, 3.63) is 52.3 Å². The minimum atomic E-state index is -4.68. The molecule has 0 spiro atoms. The zero-order valence-corrected chi connectivity index (χ0v) is 16.4. The van der Waals surface area contributed by atoms with Crippen LogP contribution in [0.5, 0.6) is 0 Å². The fraction of sp³-hybridized carbons (Fsp3) is 0.250. The van der Waals surface area contributed by atoms with Crippen molar-refractivity contribution < 1.29 is 31.2 Å². The van der Waals surface area contributed by atoms with Crippen molar-refractivity contribution in [2.75, 3.05) is 18.9 Å². The molecule has 2 rings (SSSR count). The van der Waals surface area contributed by atoms with Crippen LogP contribution in [-0.2, 0) is 21.0 Å². The van der Waals surface area contributed by atoms with Crippen molar-refractivity contribution in [1.29, 1.82) is 0 Å². The standard InChI is InChI=1S/C16H15ClF3N3O4S/c1-9-6-12(14(21-8-9)15(24)23(2)27-3)22-28(25,26)13-5-4-10(7-11(13)17)16(18,19)20/h4-8,22H,1-3H3. The summed E-state index contributed by atoms with van der Waals surface area (Å²) >= 11 is 5.76. The molecular formula is C16H15ClF3N3O4S. The Balaban J connectivity index is 2.48. The molecule has 1 N–H and O–H groups in total. The van der Waals surface area contributed by atoms with E-state index in [1.54, 1.807) is 6.92 Å². The molecule has 28 heavy (non-hydrogen) atoms. The van der Waals surface area contributed by atoms with Gasteiger partial charge in [-0.05, 0) is 36.8 Å². The third kappa shape index (κ3) is 4.72. The van der Waals surface area contributed by atoms with Gasteiger partial charge in [-0.3, -0.25) is 14.4 Å². The molecule has 0 radical (unpaired) electrons. The molecule has 0 saturated heterocycles. The second-order valence-electron chi connectivity index (χ2n) is 5.64. The van der Waals surface area contributed by atoms with Crippen LogP contribution in [0.3, 0.4) is 0 Å². The Bertz CT molecular complexity index is 1010. The number of pyridine rings is 1. The highest BCUT2D eigenvalue weighted by atomic mass is 35.5. The lowest BCUT2D eigenvalue weighted by atomic mass is 10.2. The Labute approximate surface area is 164 Å². The maximum absolute atomic E-state index is 12.8. The average molecular weight is 438 g/mol. The largest absolute Gasteiger partial charge is 0.416 e.